The highest BCUT2D eigenvalue weighted by atomic mass is 19.4. The summed E-state index contributed by atoms with van der Waals surface area (Å²) in [6.45, 7) is 6.12. The highest BCUT2D eigenvalue weighted by Crippen LogP contribution is 2.48. The molecule has 0 spiro atoms. The lowest BCUT2D eigenvalue weighted by molar-refractivity contribution is -0.201. The van der Waals surface area contributed by atoms with Gasteiger partial charge in [0.05, 0.1) is 18.0 Å². The van der Waals surface area contributed by atoms with Gasteiger partial charge in [0.15, 0.2) is 12.1 Å². The number of hydrogen-bond acceptors (Lipinski definition) is 5. The van der Waals surface area contributed by atoms with E-state index in [0.717, 1.165) is 0 Å². The summed E-state index contributed by atoms with van der Waals surface area (Å²) in [4.78, 5) is 31.9. The Bertz CT molecular complexity index is 992. The summed E-state index contributed by atoms with van der Waals surface area (Å²) >= 11 is 0. The quantitative estimate of drug-likeness (QED) is 0.651. The van der Waals surface area contributed by atoms with Crippen LogP contribution in [0, 0.1) is 17.8 Å². The number of guanidine groups is 1. The number of halogens is 3. The number of carbonyl (C=O) groups excluding carboxylic acids is 2. The van der Waals surface area contributed by atoms with Gasteiger partial charge in [0.1, 0.15) is 5.75 Å². The standard InChI is InChI=1S/C24H31F3N4O3/c1-4-23(5-2)11-19(32)31(22(28)30-23)12-15-13(3)20(15)21(33)29-16-10-18(24(25,26)27)34-17-9-7-6-8-14(16)17/h6-9,13,15-16,18,20H,4-5,10-12H2,1-3H3,(H2,28,30)(H,29,33)/t13?,15-,16+,18?,20-/m1/s1. The monoisotopic (exact) mass is 480 g/mol. The SMILES string of the molecule is CCC1(CC)CC(=O)N(C[C@@H]2C(C)[C@H]2C(=O)N[C@H]2CC(C(F)(F)F)Oc3ccccc32)C(N)=N1. The van der Waals surface area contributed by atoms with Crippen molar-refractivity contribution in [3.8, 4) is 5.75 Å². The summed E-state index contributed by atoms with van der Waals surface area (Å²) in [5, 5.41) is 2.81. The number of rotatable bonds is 6. The molecular weight excluding hydrogens is 449 g/mol. The zero-order valence-electron chi connectivity index (χ0n) is 19.6. The van der Waals surface area contributed by atoms with Crippen molar-refractivity contribution in [3.63, 3.8) is 0 Å². The molecule has 3 N–H and O–H groups in total. The predicted molar refractivity (Wildman–Crippen MR) is 120 cm³/mol. The molecule has 1 aromatic rings. The van der Waals surface area contributed by atoms with E-state index in [1.54, 1.807) is 18.2 Å². The molecule has 10 heteroatoms. The second-order valence-electron chi connectivity index (χ2n) is 9.61. The second-order valence-corrected chi connectivity index (χ2v) is 9.61. The van der Waals surface area contributed by atoms with Crippen molar-refractivity contribution in [1.29, 1.82) is 0 Å². The lowest BCUT2D eigenvalue weighted by atomic mass is 9.88. The minimum Gasteiger partial charge on any atom is -0.480 e. The summed E-state index contributed by atoms with van der Waals surface area (Å²) in [6, 6.07) is 5.64. The van der Waals surface area contributed by atoms with Gasteiger partial charge in [0.25, 0.3) is 0 Å². The first-order valence-corrected chi connectivity index (χ1v) is 11.8. The smallest absolute Gasteiger partial charge is 0.425 e. The number of aliphatic imine (C=N–C) groups is 1. The van der Waals surface area contributed by atoms with Crippen molar-refractivity contribution >= 4 is 17.8 Å². The van der Waals surface area contributed by atoms with Crippen LogP contribution in [0.1, 0.15) is 58.1 Å². The lowest BCUT2D eigenvalue weighted by Crippen LogP contribution is -2.52. The Morgan fingerprint density at radius 1 is 1.29 bits per heavy atom. The molecular formula is C24H31F3N4O3. The number of hydrogen-bond donors (Lipinski definition) is 2. The molecule has 0 saturated heterocycles. The Labute approximate surface area is 196 Å². The van der Waals surface area contributed by atoms with Crippen LogP contribution in [0.25, 0.3) is 0 Å². The molecule has 0 radical (unpaired) electrons. The zero-order valence-corrected chi connectivity index (χ0v) is 19.6. The van der Waals surface area contributed by atoms with Crippen LogP contribution in [0.3, 0.4) is 0 Å². The first-order valence-electron chi connectivity index (χ1n) is 11.8. The Kier molecular flexibility index (Phi) is 6.29. The Morgan fingerprint density at radius 3 is 2.59 bits per heavy atom. The number of para-hydroxylation sites is 1. The Hall–Kier alpha value is -2.78. The van der Waals surface area contributed by atoms with Crippen LogP contribution in [-0.2, 0) is 9.59 Å². The maximum absolute atomic E-state index is 13.4. The molecule has 34 heavy (non-hydrogen) atoms. The molecule has 3 aliphatic rings. The average molecular weight is 481 g/mol. The summed E-state index contributed by atoms with van der Waals surface area (Å²) in [5.74, 6) is -0.717. The molecule has 4 rings (SSSR count). The maximum atomic E-state index is 13.4. The molecule has 5 atom stereocenters. The molecule has 2 aliphatic heterocycles. The molecule has 2 unspecified atom stereocenters. The van der Waals surface area contributed by atoms with Gasteiger partial charge in [0.2, 0.25) is 11.8 Å². The van der Waals surface area contributed by atoms with E-state index in [2.05, 4.69) is 10.3 Å². The number of ether oxygens (including phenoxy) is 1. The molecule has 0 bridgehead atoms. The zero-order chi connectivity index (χ0) is 24.8. The van der Waals surface area contributed by atoms with Crippen molar-refractivity contribution in [2.24, 2.45) is 28.5 Å². The molecule has 7 nitrogen and oxygen atoms in total. The highest BCUT2D eigenvalue weighted by molar-refractivity contribution is 5.99. The molecule has 1 aromatic carbocycles. The van der Waals surface area contributed by atoms with Crippen LogP contribution < -0.4 is 15.8 Å². The molecule has 1 saturated carbocycles. The third kappa shape index (κ3) is 4.46. The molecule has 0 aromatic heterocycles. The molecule has 186 valence electrons. The van der Waals surface area contributed by atoms with E-state index in [9.17, 15) is 22.8 Å². The molecule has 1 aliphatic carbocycles. The van der Waals surface area contributed by atoms with Crippen LogP contribution in [0.2, 0.25) is 0 Å². The fraction of sp³-hybridized carbons (Fsp3) is 0.625. The topological polar surface area (TPSA) is 97.0 Å². The third-order valence-electron chi connectivity index (χ3n) is 7.68. The molecule has 2 amide bonds. The lowest BCUT2D eigenvalue weighted by Gasteiger charge is -2.36. The van der Waals surface area contributed by atoms with Gasteiger partial charge in [-0.05, 0) is 30.7 Å². The largest absolute Gasteiger partial charge is 0.480 e. The van der Waals surface area contributed by atoms with E-state index in [1.807, 2.05) is 20.8 Å². The van der Waals surface area contributed by atoms with Gasteiger partial charge in [-0.1, -0.05) is 39.0 Å². The normalized spacial score (nSPS) is 30.2. The van der Waals surface area contributed by atoms with E-state index in [-0.39, 0.29) is 48.3 Å². The van der Waals surface area contributed by atoms with Gasteiger partial charge in [-0.2, -0.15) is 13.2 Å². The van der Waals surface area contributed by atoms with Crippen molar-refractivity contribution in [1.82, 2.24) is 10.2 Å². The number of alkyl halides is 3. The molecule has 2 heterocycles. The van der Waals surface area contributed by atoms with Crippen LogP contribution in [-0.4, -0.2) is 47.0 Å². The van der Waals surface area contributed by atoms with E-state index < -0.39 is 36.2 Å². The van der Waals surface area contributed by atoms with Gasteiger partial charge in [-0.15, -0.1) is 0 Å². The van der Waals surface area contributed by atoms with Gasteiger partial charge < -0.3 is 15.8 Å². The fourth-order valence-electron chi connectivity index (χ4n) is 5.19. The highest BCUT2D eigenvalue weighted by Gasteiger charge is 2.54. The van der Waals surface area contributed by atoms with Crippen LogP contribution >= 0.6 is 0 Å². The van der Waals surface area contributed by atoms with Crippen molar-refractivity contribution in [2.45, 2.75) is 70.3 Å². The average Bonchev–Trinajstić information content (AvgIpc) is 3.44. The summed E-state index contributed by atoms with van der Waals surface area (Å²) in [6.07, 6.45) is -5.22. The van der Waals surface area contributed by atoms with Gasteiger partial charge in [-0.3, -0.25) is 14.5 Å². The number of carbonyl (C=O) groups is 2. The number of benzene rings is 1. The molecule has 1 fully saturated rings. The van der Waals surface area contributed by atoms with Crippen molar-refractivity contribution < 1.29 is 27.5 Å². The number of nitrogens with one attached hydrogen (secondary N) is 1. The summed E-state index contributed by atoms with van der Waals surface area (Å²) in [7, 11) is 0. The third-order valence-corrected chi connectivity index (χ3v) is 7.68. The Morgan fingerprint density at radius 2 is 1.97 bits per heavy atom. The van der Waals surface area contributed by atoms with E-state index in [0.29, 0.717) is 18.4 Å². The minimum atomic E-state index is -4.54. The van der Waals surface area contributed by atoms with Gasteiger partial charge >= 0.3 is 6.18 Å². The van der Waals surface area contributed by atoms with E-state index in [1.165, 1.54) is 11.0 Å². The van der Waals surface area contributed by atoms with Crippen LogP contribution in [0.15, 0.2) is 29.3 Å². The minimum absolute atomic E-state index is 0.0295. The van der Waals surface area contributed by atoms with Gasteiger partial charge in [-0.25, -0.2) is 4.99 Å². The van der Waals surface area contributed by atoms with Crippen molar-refractivity contribution in [3.05, 3.63) is 29.8 Å². The number of nitrogens with two attached hydrogens (primary N) is 1. The van der Waals surface area contributed by atoms with Crippen LogP contribution in [0.5, 0.6) is 5.75 Å². The first kappa shape index (κ1) is 24.3. The van der Waals surface area contributed by atoms with Crippen LogP contribution in [0.4, 0.5) is 13.2 Å². The Balaban J connectivity index is 1.44. The fourth-order valence-corrected chi connectivity index (χ4v) is 5.19. The van der Waals surface area contributed by atoms with E-state index >= 15 is 0 Å². The number of amides is 2. The summed E-state index contributed by atoms with van der Waals surface area (Å²) in [5.41, 5.74) is 6.18. The number of nitrogens with zero attached hydrogens (tertiary/aromatic N) is 2. The second kappa shape index (κ2) is 8.78. The first-order chi connectivity index (χ1) is 16.0. The summed E-state index contributed by atoms with van der Waals surface area (Å²) < 4.78 is 45.3. The van der Waals surface area contributed by atoms with Gasteiger partial charge in [0, 0.05) is 24.4 Å². The number of fused-ring (bicyclic) bond motifs is 1. The maximum Gasteiger partial charge on any atom is 0.425 e. The van der Waals surface area contributed by atoms with Crippen molar-refractivity contribution in [2.75, 3.05) is 6.54 Å². The van der Waals surface area contributed by atoms with E-state index in [4.69, 9.17) is 10.5 Å². The predicted octanol–water partition coefficient (Wildman–Crippen LogP) is 3.55.